The van der Waals surface area contributed by atoms with E-state index in [1.165, 1.54) is 0 Å². The molecule has 1 heterocycles. The third-order valence-electron chi connectivity index (χ3n) is 2.45. The van der Waals surface area contributed by atoms with Crippen molar-refractivity contribution in [3.63, 3.8) is 0 Å². The maximum absolute atomic E-state index is 11.9. The minimum absolute atomic E-state index is 0.111. The number of aromatic amines is 1. The smallest absolute Gasteiger partial charge is 0.291 e. The van der Waals surface area contributed by atoms with Crippen LogP contribution in [-0.4, -0.2) is 24.0 Å². The van der Waals surface area contributed by atoms with Crippen LogP contribution in [0.25, 0.3) is 0 Å². The van der Waals surface area contributed by atoms with Crippen LogP contribution in [0.1, 0.15) is 42.7 Å². The Morgan fingerprint density at radius 1 is 1.44 bits per heavy atom. The van der Waals surface area contributed by atoms with E-state index in [2.05, 4.69) is 10.3 Å². The number of unbranched alkanes of at least 4 members (excludes halogenated alkanes) is 1. The van der Waals surface area contributed by atoms with Gasteiger partial charge >= 0.3 is 0 Å². The topological polar surface area (TPSA) is 71.2 Å². The van der Waals surface area contributed by atoms with Crippen LogP contribution < -0.4 is 15.6 Å². The molecule has 0 aromatic carbocycles. The molecule has 1 aromatic heterocycles. The minimum atomic E-state index is -0.354. The Labute approximate surface area is 107 Å². The van der Waals surface area contributed by atoms with Gasteiger partial charge in [-0.25, -0.2) is 0 Å². The number of pyridine rings is 1. The maximum Gasteiger partial charge on any atom is 0.291 e. The molecular weight excluding hydrogens is 232 g/mol. The fourth-order valence-corrected chi connectivity index (χ4v) is 1.56. The van der Waals surface area contributed by atoms with Gasteiger partial charge in [0.1, 0.15) is 0 Å². The van der Waals surface area contributed by atoms with Crippen LogP contribution in [0.5, 0.6) is 5.75 Å². The zero-order valence-corrected chi connectivity index (χ0v) is 11.1. The molecule has 0 fully saturated rings. The van der Waals surface area contributed by atoms with Crippen LogP contribution in [0.2, 0.25) is 0 Å². The molecule has 0 bridgehead atoms. The molecule has 0 saturated carbocycles. The summed E-state index contributed by atoms with van der Waals surface area (Å²) in [5.74, 6) is -0.168. The molecule has 5 heteroatoms. The average molecular weight is 252 g/mol. The van der Waals surface area contributed by atoms with Crippen molar-refractivity contribution >= 4 is 5.91 Å². The van der Waals surface area contributed by atoms with Gasteiger partial charge in [0.2, 0.25) is 0 Å². The van der Waals surface area contributed by atoms with E-state index in [0.29, 0.717) is 24.4 Å². The second kappa shape index (κ2) is 6.83. The van der Waals surface area contributed by atoms with Crippen LogP contribution in [-0.2, 0) is 0 Å². The molecule has 1 aromatic rings. The molecule has 0 radical (unpaired) electrons. The highest BCUT2D eigenvalue weighted by Crippen LogP contribution is 2.14. The second-order valence-corrected chi connectivity index (χ2v) is 4.09. The fraction of sp³-hybridized carbons (Fsp3) is 0.538. The maximum atomic E-state index is 11.9. The van der Waals surface area contributed by atoms with Gasteiger partial charge in [0, 0.05) is 12.2 Å². The first-order chi connectivity index (χ1) is 8.60. The standard InChI is InChI=1S/C13H20N2O3/c1-4-6-7-18-11-10(12(16)14-5-2)8-9(3)15-13(11)17/h8H,4-7H2,1-3H3,(H,14,16)(H,15,17). The third-order valence-corrected chi connectivity index (χ3v) is 2.45. The van der Waals surface area contributed by atoms with Crippen LogP contribution in [0, 0.1) is 6.92 Å². The number of aryl methyl sites for hydroxylation is 1. The highest BCUT2D eigenvalue weighted by atomic mass is 16.5. The summed E-state index contributed by atoms with van der Waals surface area (Å²) >= 11 is 0. The lowest BCUT2D eigenvalue weighted by molar-refractivity contribution is 0.0951. The molecule has 18 heavy (non-hydrogen) atoms. The van der Waals surface area contributed by atoms with Crippen molar-refractivity contribution < 1.29 is 9.53 Å². The van der Waals surface area contributed by atoms with Gasteiger partial charge in [0.25, 0.3) is 11.5 Å². The number of carbonyl (C=O) groups is 1. The van der Waals surface area contributed by atoms with Crippen molar-refractivity contribution in [3.8, 4) is 5.75 Å². The summed E-state index contributed by atoms with van der Waals surface area (Å²) in [6.45, 7) is 6.55. The summed E-state index contributed by atoms with van der Waals surface area (Å²) in [7, 11) is 0. The number of carbonyl (C=O) groups excluding carboxylic acids is 1. The van der Waals surface area contributed by atoms with Gasteiger partial charge in [-0.3, -0.25) is 9.59 Å². The van der Waals surface area contributed by atoms with Crippen LogP contribution in [0.15, 0.2) is 10.9 Å². The fourth-order valence-electron chi connectivity index (χ4n) is 1.56. The molecule has 100 valence electrons. The molecular formula is C13H20N2O3. The van der Waals surface area contributed by atoms with E-state index >= 15 is 0 Å². The molecule has 0 saturated heterocycles. The Morgan fingerprint density at radius 3 is 2.78 bits per heavy atom. The summed E-state index contributed by atoms with van der Waals surface area (Å²) in [5, 5.41) is 2.68. The third kappa shape index (κ3) is 3.61. The Balaban J connectivity index is 3.05. The van der Waals surface area contributed by atoms with E-state index in [0.717, 1.165) is 12.8 Å². The Kier molecular flexibility index (Phi) is 5.42. The number of ether oxygens (including phenoxy) is 1. The van der Waals surface area contributed by atoms with Crippen LogP contribution in [0.3, 0.4) is 0 Å². The zero-order valence-electron chi connectivity index (χ0n) is 11.1. The lowest BCUT2D eigenvalue weighted by Crippen LogP contribution is -2.26. The van der Waals surface area contributed by atoms with Crippen LogP contribution >= 0.6 is 0 Å². The lowest BCUT2D eigenvalue weighted by atomic mass is 10.2. The number of hydrogen-bond acceptors (Lipinski definition) is 3. The van der Waals surface area contributed by atoms with Gasteiger partial charge in [-0.05, 0) is 26.3 Å². The number of amides is 1. The molecule has 0 unspecified atom stereocenters. The average Bonchev–Trinajstić information content (AvgIpc) is 2.31. The Bertz CT molecular complexity index is 466. The van der Waals surface area contributed by atoms with Crippen molar-refractivity contribution in [1.29, 1.82) is 0 Å². The first-order valence-corrected chi connectivity index (χ1v) is 6.25. The number of H-pyrrole nitrogens is 1. The number of rotatable bonds is 6. The van der Waals surface area contributed by atoms with E-state index in [1.807, 2.05) is 13.8 Å². The summed E-state index contributed by atoms with van der Waals surface area (Å²) in [5.41, 5.74) is 0.589. The summed E-state index contributed by atoms with van der Waals surface area (Å²) in [6, 6.07) is 1.63. The van der Waals surface area contributed by atoms with Gasteiger partial charge < -0.3 is 15.0 Å². The first-order valence-electron chi connectivity index (χ1n) is 6.25. The molecule has 5 nitrogen and oxygen atoms in total. The van der Waals surface area contributed by atoms with Gasteiger partial charge in [-0.15, -0.1) is 0 Å². The first kappa shape index (κ1) is 14.3. The van der Waals surface area contributed by atoms with Crippen molar-refractivity contribution in [1.82, 2.24) is 10.3 Å². The minimum Gasteiger partial charge on any atom is -0.487 e. The summed E-state index contributed by atoms with van der Waals surface area (Å²) in [6.07, 6.45) is 1.82. The van der Waals surface area contributed by atoms with E-state index in [1.54, 1.807) is 13.0 Å². The van der Waals surface area contributed by atoms with Crippen molar-refractivity contribution in [3.05, 3.63) is 27.7 Å². The predicted molar refractivity (Wildman–Crippen MR) is 70.2 cm³/mol. The second-order valence-electron chi connectivity index (χ2n) is 4.09. The normalized spacial score (nSPS) is 10.2. The van der Waals surface area contributed by atoms with Crippen molar-refractivity contribution in [2.24, 2.45) is 0 Å². The molecule has 0 atom stereocenters. The molecule has 0 aliphatic rings. The lowest BCUT2D eigenvalue weighted by Gasteiger charge is -2.10. The Hall–Kier alpha value is -1.78. The van der Waals surface area contributed by atoms with Crippen molar-refractivity contribution in [2.75, 3.05) is 13.2 Å². The SMILES string of the molecule is CCCCOc1c(C(=O)NCC)cc(C)[nH]c1=O. The van der Waals surface area contributed by atoms with E-state index < -0.39 is 0 Å². The molecule has 0 aliphatic carbocycles. The largest absolute Gasteiger partial charge is 0.487 e. The molecule has 2 N–H and O–H groups in total. The highest BCUT2D eigenvalue weighted by molar-refractivity contribution is 5.96. The van der Waals surface area contributed by atoms with Gasteiger partial charge in [0.15, 0.2) is 5.75 Å². The quantitative estimate of drug-likeness (QED) is 0.756. The summed E-state index contributed by atoms with van der Waals surface area (Å²) in [4.78, 5) is 26.3. The van der Waals surface area contributed by atoms with Gasteiger partial charge in [0.05, 0.1) is 12.2 Å². The number of hydrogen-bond donors (Lipinski definition) is 2. The van der Waals surface area contributed by atoms with Gasteiger partial charge in [-0.1, -0.05) is 13.3 Å². The molecule has 1 rings (SSSR count). The monoisotopic (exact) mass is 252 g/mol. The number of nitrogens with one attached hydrogen (secondary N) is 2. The van der Waals surface area contributed by atoms with E-state index in [4.69, 9.17) is 4.74 Å². The molecule has 0 aliphatic heterocycles. The van der Waals surface area contributed by atoms with Gasteiger partial charge in [-0.2, -0.15) is 0 Å². The molecule has 0 spiro atoms. The zero-order chi connectivity index (χ0) is 13.5. The van der Waals surface area contributed by atoms with Crippen molar-refractivity contribution in [2.45, 2.75) is 33.6 Å². The predicted octanol–water partition coefficient (Wildman–Crippen LogP) is 1.61. The molecule has 1 amide bonds. The Morgan fingerprint density at radius 2 is 2.17 bits per heavy atom. The summed E-state index contributed by atoms with van der Waals surface area (Å²) < 4.78 is 5.43. The van der Waals surface area contributed by atoms with E-state index in [9.17, 15) is 9.59 Å². The number of aromatic nitrogens is 1. The van der Waals surface area contributed by atoms with Crippen LogP contribution in [0.4, 0.5) is 0 Å². The highest BCUT2D eigenvalue weighted by Gasteiger charge is 2.16. The van der Waals surface area contributed by atoms with E-state index in [-0.39, 0.29) is 17.2 Å².